The highest BCUT2D eigenvalue weighted by molar-refractivity contribution is 5.74. The Balaban J connectivity index is 2.24. The Morgan fingerprint density at radius 3 is 3.11 bits per heavy atom. The van der Waals surface area contributed by atoms with Crippen molar-refractivity contribution in [1.82, 2.24) is 15.3 Å². The first-order valence-electron chi connectivity index (χ1n) is 6.65. The van der Waals surface area contributed by atoms with Crippen LogP contribution in [0.3, 0.4) is 0 Å². The number of carboxylic acid groups (broad SMARTS) is 1. The summed E-state index contributed by atoms with van der Waals surface area (Å²) in [6, 6.07) is -0.529. The fourth-order valence-electron chi connectivity index (χ4n) is 2.31. The molecule has 19 heavy (non-hydrogen) atoms. The lowest BCUT2D eigenvalue weighted by molar-refractivity contribution is -0.139. The molecule has 1 unspecified atom stereocenters. The van der Waals surface area contributed by atoms with Gasteiger partial charge < -0.3 is 15.3 Å². The second-order valence-electron chi connectivity index (χ2n) is 4.81. The smallest absolute Gasteiger partial charge is 0.322 e. The molecule has 0 bridgehead atoms. The summed E-state index contributed by atoms with van der Waals surface area (Å²) >= 11 is 0. The van der Waals surface area contributed by atoms with Crippen LogP contribution < -0.4 is 10.2 Å². The third kappa shape index (κ3) is 3.20. The molecule has 1 aliphatic rings. The third-order valence-corrected chi connectivity index (χ3v) is 3.25. The van der Waals surface area contributed by atoms with E-state index in [1.54, 1.807) is 0 Å². The van der Waals surface area contributed by atoms with Crippen molar-refractivity contribution in [2.75, 3.05) is 24.5 Å². The number of hydrogen-bond acceptors (Lipinski definition) is 5. The molecule has 1 saturated heterocycles. The number of nitrogens with zero attached hydrogens (tertiary/aromatic N) is 3. The molecule has 104 valence electrons. The third-order valence-electron chi connectivity index (χ3n) is 3.25. The monoisotopic (exact) mass is 264 g/mol. The quantitative estimate of drug-likeness (QED) is 0.829. The van der Waals surface area contributed by atoms with E-state index in [0.717, 1.165) is 36.6 Å². The number of anilines is 1. The normalized spacial score (nSPS) is 19.5. The summed E-state index contributed by atoms with van der Waals surface area (Å²) in [5.41, 5.74) is 1.10. The number of nitrogens with one attached hydrogen (secondary N) is 1. The summed E-state index contributed by atoms with van der Waals surface area (Å²) in [6.07, 6.45) is 3.80. The van der Waals surface area contributed by atoms with Gasteiger partial charge in [-0.2, -0.15) is 0 Å². The number of aliphatic carboxylic acids is 1. The summed E-state index contributed by atoms with van der Waals surface area (Å²) < 4.78 is 0. The highest BCUT2D eigenvalue weighted by Gasteiger charge is 2.26. The second-order valence-corrected chi connectivity index (χ2v) is 4.81. The minimum atomic E-state index is -0.812. The lowest BCUT2D eigenvalue weighted by atomic mass is 10.1. The molecule has 0 amide bonds. The molecule has 0 aromatic carbocycles. The van der Waals surface area contributed by atoms with E-state index in [0.29, 0.717) is 13.1 Å². The van der Waals surface area contributed by atoms with Crippen molar-refractivity contribution in [3.63, 3.8) is 0 Å². The zero-order chi connectivity index (χ0) is 13.8. The molecule has 2 rings (SSSR count). The average Bonchev–Trinajstić information content (AvgIpc) is 2.41. The summed E-state index contributed by atoms with van der Waals surface area (Å²) in [5, 5.41) is 12.1. The standard InChI is InChI=1S/C13H20N4O2/c1-3-4-10-7-15-9(2)16-12(10)17-6-5-14-11(8-17)13(18)19/h7,11,14H,3-6,8H2,1-2H3,(H,18,19). The van der Waals surface area contributed by atoms with Crippen LogP contribution in [0, 0.1) is 6.92 Å². The Labute approximate surface area is 112 Å². The molecule has 0 saturated carbocycles. The van der Waals surface area contributed by atoms with E-state index in [9.17, 15) is 4.79 Å². The van der Waals surface area contributed by atoms with Crippen molar-refractivity contribution in [1.29, 1.82) is 0 Å². The van der Waals surface area contributed by atoms with Crippen molar-refractivity contribution in [2.24, 2.45) is 0 Å². The highest BCUT2D eigenvalue weighted by Crippen LogP contribution is 2.20. The number of carbonyl (C=O) groups is 1. The van der Waals surface area contributed by atoms with E-state index >= 15 is 0 Å². The molecule has 2 heterocycles. The summed E-state index contributed by atoms with van der Waals surface area (Å²) in [6.45, 7) is 5.85. The Bertz CT molecular complexity index is 464. The van der Waals surface area contributed by atoms with Crippen molar-refractivity contribution in [2.45, 2.75) is 32.7 Å². The van der Waals surface area contributed by atoms with Crippen LogP contribution in [0.4, 0.5) is 5.82 Å². The highest BCUT2D eigenvalue weighted by atomic mass is 16.4. The van der Waals surface area contributed by atoms with Gasteiger partial charge >= 0.3 is 5.97 Å². The first kappa shape index (κ1) is 13.7. The zero-order valence-corrected chi connectivity index (χ0v) is 11.4. The molecule has 1 fully saturated rings. The van der Waals surface area contributed by atoms with Gasteiger partial charge in [0.2, 0.25) is 0 Å². The Kier molecular flexibility index (Phi) is 4.31. The van der Waals surface area contributed by atoms with E-state index in [1.807, 2.05) is 13.1 Å². The zero-order valence-electron chi connectivity index (χ0n) is 11.4. The lowest BCUT2D eigenvalue weighted by Crippen LogP contribution is -2.54. The fourth-order valence-corrected chi connectivity index (χ4v) is 2.31. The number of carboxylic acids is 1. The fraction of sp³-hybridized carbons (Fsp3) is 0.615. The average molecular weight is 264 g/mol. The molecule has 1 atom stereocenters. The van der Waals surface area contributed by atoms with Crippen LogP contribution in [0.5, 0.6) is 0 Å². The van der Waals surface area contributed by atoms with Gasteiger partial charge in [-0.1, -0.05) is 13.3 Å². The van der Waals surface area contributed by atoms with Gasteiger partial charge in [0.25, 0.3) is 0 Å². The number of aryl methyl sites for hydroxylation is 2. The topological polar surface area (TPSA) is 78.4 Å². The number of hydrogen-bond donors (Lipinski definition) is 2. The first-order valence-corrected chi connectivity index (χ1v) is 6.65. The van der Waals surface area contributed by atoms with Crippen molar-refractivity contribution in [3.8, 4) is 0 Å². The van der Waals surface area contributed by atoms with Crippen LogP contribution in [0.15, 0.2) is 6.20 Å². The molecule has 6 nitrogen and oxygen atoms in total. The summed E-state index contributed by atoms with van der Waals surface area (Å²) in [4.78, 5) is 21.9. The molecule has 2 N–H and O–H groups in total. The Hall–Kier alpha value is -1.69. The Morgan fingerprint density at radius 1 is 1.63 bits per heavy atom. The predicted octanol–water partition coefficient (Wildman–Crippen LogP) is 0.600. The minimum Gasteiger partial charge on any atom is -0.480 e. The van der Waals surface area contributed by atoms with Crippen molar-refractivity contribution < 1.29 is 9.90 Å². The minimum absolute atomic E-state index is 0.447. The van der Waals surface area contributed by atoms with E-state index in [2.05, 4.69) is 27.1 Å². The molecular weight excluding hydrogens is 244 g/mol. The predicted molar refractivity (Wildman–Crippen MR) is 72.4 cm³/mol. The van der Waals surface area contributed by atoms with E-state index in [4.69, 9.17) is 5.11 Å². The van der Waals surface area contributed by atoms with Crippen LogP contribution >= 0.6 is 0 Å². The van der Waals surface area contributed by atoms with Gasteiger partial charge in [-0.05, 0) is 13.3 Å². The molecule has 1 aromatic heterocycles. The number of aromatic nitrogens is 2. The van der Waals surface area contributed by atoms with Crippen molar-refractivity contribution >= 4 is 11.8 Å². The molecule has 0 spiro atoms. The van der Waals surface area contributed by atoms with Gasteiger partial charge in [-0.3, -0.25) is 4.79 Å². The SMILES string of the molecule is CCCc1cnc(C)nc1N1CCNC(C(=O)O)C1. The van der Waals surface area contributed by atoms with Gasteiger partial charge in [-0.25, -0.2) is 9.97 Å². The first-order chi connectivity index (χ1) is 9.11. The van der Waals surface area contributed by atoms with Gasteiger partial charge in [0, 0.05) is 31.4 Å². The summed E-state index contributed by atoms with van der Waals surface area (Å²) in [5.74, 6) is 0.801. The number of piperazine rings is 1. The Morgan fingerprint density at radius 2 is 2.42 bits per heavy atom. The molecule has 0 aliphatic carbocycles. The van der Waals surface area contributed by atoms with Crippen LogP contribution in [0.25, 0.3) is 0 Å². The molecule has 1 aliphatic heterocycles. The molecular formula is C13H20N4O2. The maximum Gasteiger partial charge on any atom is 0.322 e. The van der Waals surface area contributed by atoms with Gasteiger partial charge in [-0.15, -0.1) is 0 Å². The van der Waals surface area contributed by atoms with Crippen LogP contribution in [0.2, 0.25) is 0 Å². The number of rotatable bonds is 4. The van der Waals surface area contributed by atoms with Crippen LogP contribution in [-0.2, 0) is 11.2 Å². The maximum atomic E-state index is 11.1. The van der Waals surface area contributed by atoms with Crippen molar-refractivity contribution in [3.05, 3.63) is 17.6 Å². The van der Waals surface area contributed by atoms with Gasteiger partial charge in [0.15, 0.2) is 0 Å². The molecule has 6 heteroatoms. The van der Waals surface area contributed by atoms with Crippen LogP contribution in [-0.4, -0.2) is 46.7 Å². The summed E-state index contributed by atoms with van der Waals surface area (Å²) in [7, 11) is 0. The second kappa shape index (κ2) is 5.97. The van der Waals surface area contributed by atoms with Gasteiger partial charge in [0.1, 0.15) is 17.7 Å². The lowest BCUT2D eigenvalue weighted by Gasteiger charge is -2.33. The maximum absolute atomic E-state index is 11.1. The van der Waals surface area contributed by atoms with Gasteiger partial charge in [0.05, 0.1) is 0 Å². The van der Waals surface area contributed by atoms with E-state index in [-0.39, 0.29) is 0 Å². The van der Waals surface area contributed by atoms with E-state index in [1.165, 1.54) is 0 Å². The van der Waals surface area contributed by atoms with E-state index < -0.39 is 12.0 Å². The van der Waals surface area contributed by atoms with Crippen LogP contribution in [0.1, 0.15) is 24.7 Å². The molecule has 0 radical (unpaired) electrons. The molecule has 1 aromatic rings. The largest absolute Gasteiger partial charge is 0.480 e.